The van der Waals surface area contributed by atoms with E-state index in [4.69, 9.17) is 23.7 Å². The van der Waals surface area contributed by atoms with Crippen LogP contribution >= 0.6 is 0 Å². The largest absolute Gasteiger partial charge is 0.493 e. The highest BCUT2D eigenvalue weighted by molar-refractivity contribution is 6.01. The normalized spacial score (nSPS) is 9.97. The summed E-state index contributed by atoms with van der Waals surface area (Å²) < 4.78 is 26.4. The fourth-order valence-electron chi connectivity index (χ4n) is 2.62. The second kappa shape index (κ2) is 10.1. The SMILES string of the molecule is CCOc1ccc(C(=O)NNC(=O)c2ccc(OC)c(OC)c2OC)cc1OC. The van der Waals surface area contributed by atoms with E-state index in [-0.39, 0.29) is 22.6 Å². The zero-order chi connectivity index (χ0) is 21.4. The number of ether oxygens (including phenoxy) is 5. The van der Waals surface area contributed by atoms with Gasteiger partial charge in [0.1, 0.15) is 0 Å². The van der Waals surface area contributed by atoms with Crippen LogP contribution in [0.3, 0.4) is 0 Å². The molecule has 0 saturated heterocycles. The maximum Gasteiger partial charge on any atom is 0.273 e. The molecule has 0 aliphatic rings. The van der Waals surface area contributed by atoms with Crippen molar-refractivity contribution in [1.82, 2.24) is 10.9 Å². The van der Waals surface area contributed by atoms with Crippen LogP contribution < -0.4 is 34.5 Å². The van der Waals surface area contributed by atoms with E-state index in [9.17, 15) is 9.59 Å². The molecule has 9 heteroatoms. The third-order valence-corrected chi connectivity index (χ3v) is 3.96. The average molecular weight is 404 g/mol. The summed E-state index contributed by atoms with van der Waals surface area (Å²) >= 11 is 0. The lowest BCUT2D eigenvalue weighted by Crippen LogP contribution is -2.41. The molecule has 2 aromatic rings. The molecular weight excluding hydrogens is 380 g/mol. The van der Waals surface area contributed by atoms with Crippen molar-refractivity contribution >= 4 is 11.8 Å². The van der Waals surface area contributed by atoms with Crippen molar-refractivity contribution in [1.29, 1.82) is 0 Å². The molecule has 0 saturated carbocycles. The fraction of sp³-hybridized carbons (Fsp3) is 0.300. The fourth-order valence-corrected chi connectivity index (χ4v) is 2.62. The molecule has 2 amide bonds. The molecule has 0 spiro atoms. The van der Waals surface area contributed by atoms with Crippen LogP contribution in [0.5, 0.6) is 28.7 Å². The van der Waals surface area contributed by atoms with Gasteiger partial charge in [-0.25, -0.2) is 0 Å². The minimum atomic E-state index is -0.589. The topological polar surface area (TPSA) is 104 Å². The smallest absolute Gasteiger partial charge is 0.273 e. The van der Waals surface area contributed by atoms with Crippen LogP contribution in [-0.4, -0.2) is 46.9 Å². The molecule has 0 heterocycles. The van der Waals surface area contributed by atoms with Gasteiger partial charge in [-0.3, -0.25) is 20.4 Å². The maximum absolute atomic E-state index is 12.5. The summed E-state index contributed by atoms with van der Waals surface area (Å²) in [4.78, 5) is 24.9. The van der Waals surface area contributed by atoms with Gasteiger partial charge >= 0.3 is 0 Å². The van der Waals surface area contributed by atoms with Gasteiger partial charge in [-0.1, -0.05) is 0 Å². The van der Waals surface area contributed by atoms with E-state index < -0.39 is 11.8 Å². The summed E-state index contributed by atoms with van der Waals surface area (Å²) in [6.45, 7) is 2.31. The van der Waals surface area contributed by atoms with Crippen LogP contribution in [0.15, 0.2) is 30.3 Å². The van der Waals surface area contributed by atoms with Crippen molar-refractivity contribution in [2.75, 3.05) is 35.0 Å². The summed E-state index contributed by atoms with van der Waals surface area (Å²) in [5.74, 6) is 0.671. The molecule has 0 fully saturated rings. The van der Waals surface area contributed by atoms with Crippen LogP contribution in [0.4, 0.5) is 0 Å². The Morgan fingerprint density at radius 3 is 1.97 bits per heavy atom. The Kier molecular flexibility index (Phi) is 7.53. The Labute approximate surface area is 168 Å². The quantitative estimate of drug-likeness (QED) is 0.650. The molecule has 0 bridgehead atoms. The monoisotopic (exact) mass is 404 g/mol. The van der Waals surface area contributed by atoms with Crippen molar-refractivity contribution in [2.45, 2.75) is 6.92 Å². The van der Waals surface area contributed by atoms with E-state index in [2.05, 4.69) is 10.9 Å². The molecule has 2 aromatic carbocycles. The number of carbonyl (C=O) groups excluding carboxylic acids is 2. The number of methoxy groups -OCH3 is 4. The van der Waals surface area contributed by atoms with Gasteiger partial charge in [0.15, 0.2) is 23.0 Å². The molecule has 0 radical (unpaired) electrons. The van der Waals surface area contributed by atoms with E-state index in [1.807, 2.05) is 6.92 Å². The third kappa shape index (κ3) is 4.81. The molecule has 29 heavy (non-hydrogen) atoms. The highest BCUT2D eigenvalue weighted by Gasteiger charge is 2.21. The molecule has 0 aliphatic carbocycles. The number of hydrogen-bond donors (Lipinski definition) is 2. The van der Waals surface area contributed by atoms with Gasteiger partial charge in [-0.15, -0.1) is 0 Å². The summed E-state index contributed by atoms with van der Waals surface area (Å²) in [6, 6.07) is 7.77. The van der Waals surface area contributed by atoms with Crippen molar-refractivity contribution in [2.24, 2.45) is 0 Å². The second-order valence-electron chi connectivity index (χ2n) is 5.59. The maximum atomic E-state index is 12.5. The van der Waals surface area contributed by atoms with Gasteiger partial charge in [0.25, 0.3) is 11.8 Å². The number of carbonyl (C=O) groups is 2. The first-order valence-corrected chi connectivity index (χ1v) is 8.71. The standard InChI is InChI=1S/C20H24N2O7/c1-6-29-14-9-7-12(11-16(14)26-3)19(23)21-22-20(24)13-8-10-15(25-2)18(28-5)17(13)27-4/h7-11H,6H2,1-5H3,(H,21,23)(H,22,24). The van der Waals surface area contributed by atoms with E-state index in [1.165, 1.54) is 40.6 Å². The Bertz CT molecular complexity index is 883. The molecular formula is C20H24N2O7. The molecule has 0 atom stereocenters. The first-order valence-electron chi connectivity index (χ1n) is 8.71. The average Bonchev–Trinajstić information content (AvgIpc) is 2.76. The first-order chi connectivity index (χ1) is 14.0. The minimum absolute atomic E-state index is 0.162. The number of nitrogens with one attached hydrogen (secondary N) is 2. The highest BCUT2D eigenvalue weighted by atomic mass is 16.5. The number of benzene rings is 2. The Morgan fingerprint density at radius 1 is 0.759 bits per heavy atom. The molecule has 2 N–H and O–H groups in total. The first kappa shape index (κ1) is 21.7. The van der Waals surface area contributed by atoms with Crippen LogP contribution in [0.2, 0.25) is 0 Å². The molecule has 0 unspecified atom stereocenters. The predicted octanol–water partition coefficient (Wildman–Crippen LogP) is 2.19. The van der Waals surface area contributed by atoms with Gasteiger partial charge in [0, 0.05) is 5.56 Å². The third-order valence-electron chi connectivity index (χ3n) is 3.96. The van der Waals surface area contributed by atoms with E-state index in [1.54, 1.807) is 18.2 Å². The summed E-state index contributed by atoms with van der Waals surface area (Å²) in [6.07, 6.45) is 0. The zero-order valence-corrected chi connectivity index (χ0v) is 17.0. The van der Waals surface area contributed by atoms with Crippen molar-refractivity contribution in [3.63, 3.8) is 0 Å². The number of rotatable bonds is 8. The van der Waals surface area contributed by atoms with Crippen LogP contribution in [-0.2, 0) is 0 Å². The lowest BCUT2D eigenvalue weighted by Gasteiger charge is -2.16. The molecule has 9 nitrogen and oxygen atoms in total. The van der Waals surface area contributed by atoms with Crippen molar-refractivity contribution in [3.8, 4) is 28.7 Å². The van der Waals surface area contributed by atoms with Crippen molar-refractivity contribution in [3.05, 3.63) is 41.5 Å². The van der Waals surface area contributed by atoms with Gasteiger partial charge in [0.05, 0.1) is 40.6 Å². The number of hydrogen-bond acceptors (Lipinski definition) is 7. The Morgan fingerprint density at radius 2 is 1.38 bits per heavy atom. The summed E-state index contributed by atoms with van der Waals surface area (Å²) in [7, 11) is 5.79. The molecule has 0 aliphatic heterocycles. The Hall–Kier alpha value is -3.62. The van der Waals surface area contributed by atoms with E-state index in [0.29, 0.717) is 23.9 Å². The zero-order valence-electron chi connectivity index (χ0n) is 17.0. The van der Waals surface area contributed by atoms with Crippen LogP contribution in [0, 0.1) is 0 Å². The van der Waals surface area contributed by atoms with Crippen LogP contribution in [0.25, 0.3) is 0 Å². The highest BCUT2D eigenvalue weighted by Crippen LogP contribution is 2.39. The van der Waals surface area contributed by atoms with E-state index in [0.717, 1.165) is 0 Å². The lowest BCUT2D eigenvalue weighted by atomic mass is 10.1. The Balaban J connectivity index is 2.16. The second-order valence-corrected chi connectivity index (χ2v) is 5.59. The summed E-state index contributed by atoms with van der Waals surface area (Å²) in [5.41, 5.74) is 5.15. The van der Waals surface area contributed by atoms with Gasteiger partial charge in [-0.05, 0) is 37.3 Å². The van der Waals surface area contributed by atoms with Gasteiger partial charge in [0.2, 0.25) is 5.75 Å². The van der Waals surface area contributed by atoms with Gasteiger partial charge in [-0.2, -0.15) is 0 Å². The molecule has 156 valence electrons. The van der Waals surface area contributed by atoms with Gasteiger partial charge < -0.3 is 23.7 Å². The van der Waals surface area contributed by atoms with Crippen molar-refractivity contribution < 1.29 is 33.3 Å². The number of amides is 2. The molecule has 0 aromatic heterocycles. The minimum Gasteiger partial charge on any atom is -0.493 e. The van der Waals surface area contributed by atoms with E-state index >= 15 is 0 Å². The molecule has 2 rings (SSSR count). The summed E-state index contributed by atoms with van der Waals surface area (Å²) in [5, 5.41) is 0. The van der Waals surface area contributed by atoms with Crippen LogP contribution in [0.1, 0.15) is 27.6 Å². The number of hydrazine groups is 1. The lowest BCUT2D eigenvalue weighted by molar-refractivity contribution is 0.0844. The predicted molar refractivity (Wildman–Crippen MR) is 105 cm³/mol.